The van der Waals surface area contributed by atoms with E-state index in [4.69, 9.17) is 5.73 Å². The summed E-state index contributed by atoms with van der Waals surface area (Å²) >= 11 is 0. The SMILES string of the molecule is CN(C)C(=O)C1=CC(c2cc[nH]c2C(N)=O)([N+](=O)[O-])C=N1. The second kappa shape index (κ2) is 4.85. The van der Waals surface area contributed by atoms with Crippen molar-refractivity contribution in [2.75, 3.05) is 14.1 Å². The van der Waals surface area contributed by atoms with E-state index in [9.17, 15) is 19.7 Å². The number of rotatable bonds is 4. The summed E-state index contributed by atoms with van der Waals surface area (Å²) in [6.45, 7) is 0. The van der Waals surface area contributed by atoms with Crippen LogP contribution < -0.4 is 5.73 Å². The molecule has 3 N–H and O–H groups in total. The molecule has 21 heavy (non-hydrogen) atoms. The Kier molecular flexibility index (Phi) is 3.34. The first-order chi connectivity index (χ1) is 9.79. The monoisotopic (exact) mass is 291 g/mol. The van der Waals surface area contributed by atoms with E-state index in [1.54, 1.807) is 0 Å². The molecule has 0 aromatic carbocycles. The van der Waals surface area contributed by atoms with Gasteiger partial charge in [0.15, 0.2) is 0 Å². The van der Waals surface area contributed by atoms with Crippen molar-refractivity contribution in [3.63, 3.8) is 0 Å². The van der Waals surface area contributed by atoms with E-state index in [1.165, 1.54) is 31.3 Å². The van der Waals surface area contributed by atoms with Crippen LogP contribution in [0.5, 0.6) is 0 Å². The number of aromatic nitrogens is 1. The number of H-pyrrole nitrogens is 1. The molecule has 0 radical (unpaired) electrons. The number of amides is 2. The minimum absolute atomic E-state index is 0.0466. The summed E-state index contributed by atoms with van der Waals surface area (Å²) < 4.78 is 0. The van der Waals surface area contributed by atoms with Crippen molar-refractivity contribution in [1.29, 1.82) is 0 Å². The molecule has 1 atom stereocenters. The molecule has 0 bridgehead atoms. The number of likely N-dealkylation sites (N-methyl/N-ethyl adjacent to an activating group) is 1. The average Bonchev–Trinajstić information content (AvgIpc) is 3.04. The summed E-state index contributed by atoms with van der Waals surface area (Å²) in [6, 6.07) is 1.37. The van der Waals surface area contributed by atoms with Gasteiger partial charge >= 0.3 is 5.54 Å². The van der Waals surface area contributed by atoms with Crippen molar-refractivity contribution in [2.45, 2.75) is 5.54 Å². The van der Waals surface area contributed by atoms with Crippen molar-refractivity contribution < 1.29 is 14.5 Å². The number of aromatic amines is 1. The Morgan fingerprint density at radius 2 is 2.14 bits per heavy atom. The largest absolute Gasteiger partial charge is 0.364 e. The summed E-state index contributed by atoms with van der Waals surface area (Å²) in [5.74, 6) is -1.29. The zero-order chi connectivity index (χ0) is 15.8. The predicted octanol–water partition coefficient (Wildman–Crippen LogP) is -0.358. The van der Waals surface area contributed by atoms with Gasteiger partial charge in [0, 0.05) is 31.3 Å². The first-order valence-corrected chi connectivity index (χ1v) is 5.91. The number of nitrogens with one attached hydrogen (secondary N) is 1. The van der Waals surface area contributed by atoms with Crippen LogP contribution in [0.4, 0.5) is 0 Å². The van der Waals surface area contributed by atoms with E-state index in [-0.39, 0.29) is 17.0 Å². The summed E-state index contributed by atoms with van der Waals surface area (Å²) in [5, 5.41) is 11.5. The lowest BCUT2D eigenvalue weighted by molar-refractivity contribution is -0.539. The van der Waals surface area contributed by atoms with Gasteiger partial charge < -0.3 is 15.6 Å². The van der Waals surface area contributed by atoms with E-state index < -0.39 is 22.3 Å². The Balaban J connectivity index is 2.58. The molecule has 1 aliphatic rings. The zero-order valence-electron chi connectivity index (χ0n) is 11.4. The third-order valence-corrected chi connectivity index (χ3v) is 3.11. The fraction of sp³-hybridized carbons (Fsp3) is 0.250. The number of carbonyl (C=O) groups is 2. The van der Waals surface area contributed by atoms with E-state index in [0.29, 0.717) is 0 Å². The second-order valence-electron chi connectivity index (χ2n) is 4.70. The summed E-state index contributed by atoms with van der Waals surface area (Å²) in [7, 11) is 3.02. The maximum Gasteiger partial charge on any atom is 0.305 e. The van der Waals surface area contributed by atoms with Crippen molar-refractivity contribution in [2.24, 2.45) is 10.7 Å². The van der Waals surface area contributed by atoms with E-state index in [0.717, 1.165) is 12.3 Å². The fourth-order valence-electron chi connectivity index (χ4n) is 2.05. The van der Waals surface area contributed by atoms with Crippen LogP contribution in [0.15, 0.2) is 29.0 Å². The normalized spacial score (nSPS) is 20.2. The standard InChI is InChI=1S/C12H13N5O4/c1-16(2)11(19)8-5-12(6-15-8,17(20)21)7-3-4-14-9(7)10(13)18/h3-6,14H,1-2H3,(H2,13,18). The molecule has 0 fully saturated rings. The van der Waals surface area contributed by atoms with Crippen LogP contribution >= 0.6 is 0 Å². The lowest BCUT2D eigenvalue weighted by Crippen LogP contribution is -2.35. The lowest BCUT2D eigenvalue weighted by Gasteiger charge is -2.15. The van der Waals surface area contributed by atoms with Gasteiger partial charge in [-0.3, -0.25) is 19.7 Å². The summed E-state index contributed by atoms with van der Waals surface area (Å²) in [5.41, 5.74) is 3.21. The van der Waals surface area contributed by atoms with Crippen molar-refractivity contribution in [3.05, 3.63) is 45.4 Å². The summed E-state index contributed by atoms with van der Waals surface area (Å²) in [6.07, 6.45) is 3.51. The topological polar surface area (TPSA) is 135 Å². The Labute approximate surface area is 119 Å². The average molecular weight is 291 g/mol. The molecule has 1 unspecified atom stereocenters. The third kappa shape index (κ3) is 2.18. The first kappa shape index (κ1) is 14.4. The minimum atomic E-state index is -1.88. The van der Waals surface area contributed by atoms with Crippen LogP contribution in [0.25, 0.3) is 0 Å². The lowest BCUT2D eigenvalue weighted by atomic mass is 9.92. The number of nitrogens with zero attached hydrogens (tertiary/aromatic N) is 3. The molecule has 1 aromatic rings. The number of hydrogen-bond acceptors (Lipinski definition) is 5. The molecular weight excluding hydrogens is 278 g/mol. The van der Waals surface area contributed by atoms with Gasteiger partial charge in [0.2, 0.25) is 0 Å². The van der Waals surface area contributed by atoms with Gasteiger partial charge in [0.1, 0.15) is 11.4 Å². The molecule has 0 saturated heterocycles. The van der Waals surface area contributed by atoms with Gasteiger partial charge in [-0.15, -0.1) is 0 Å². The van der Waals surface area contributed by atoms with Gasteiger partial charge in [0.05, 0.1) is 11.8 Å². The predicted molar refractivity (Wildman–Crippen MR) is 73.3 cm³/mol. The van der Waals surface area contributed by atoms with Gasteiger partial charge in [-0.05, 0) is 6.07 Å². The highest BCUT2D eigenvalue weighted by Crippen LogP contribution is 2.33. The number of hydrogen-bond donors (Lipinski definition) is 2. The van der Waals surface area contributed by atoms with E-state index in [2.05, 4.69) is 9.98 Å². The number of carbonyl (C=O) groups excluding carboxylic acids is 2. The molecule has 9 heteroatoms. The number of aliphatic imine (C=N–C) groups is 1. The third-order valence-electron chi connectivity index (χ3n) is 3.11. The Morgan fingerprint density at radius 1 is 1.48 bits per heavy atom. The molecule has 0 aliphatic carbocycles. The molecule has 0 spiro atoms. The van der Waals surface area contributed by atoms with Gasteiger partial charge in [-0.25, -0.2) is 4.99 Å². The molecule has 110 valence electrons. The van der Waals surface area contributed by atoms with E-state index >= 15 is 0 Å². The zero-order valence-corrected chi connectivity index (χ0v) is 11.4. The fourth-order valence-corrected chi connectivity index (χ4v) is 2.05. The highest BCUT2D eigenvalue weighted by atomic mass is 16.6. The van der Waals surface area contributed by atoms with Gasteiger partial charge in [-0.2, -0.15) is 0 Å². The van der Waals surface area contributed by atoms with Gasteiger partial charge in [-0.1, -0.05) is 0 Å². The van der Waals surface area contributed by atoms with Crippen molar-refractivity contribution in [1.82, 2.24) is 9.88 Å². The van der Waals surface area contributed by atoms with Crippen molar-refractivity contribution >= 4 is 18.0 Å². The Bertz CT molecular complexity index is 688. The molecular formula is C12H13N5O4. The van der Waals surface area contributed by atoms with Gasteiger partial charge in [0.25, 0.3) is 11.8 Å². The molecule has 2 amide bonds. The van der Waals surface area contributed by atoms with Crippen LogP contribution in [0.3, 0.4) is 0 Å². The van der Waals surface area contributed by atoms with Crippen LogP contribution in [0.2, 0.25) is 0 Å². The molecule has 0 saturated carbocycles. The van der Waals surface area contributed by atoms with Crippen LogP contribution in [-0.4, -0.2) is 46.9 Å². The molecule has 2 rings (SSSR count). The Morgan fingerprint density at radius 3 is 2.67 bits per heavy atom. The smallest absolute Gasteiger partial charge is 0.305 e. The number of nitro groups is 1. The Hall–Kier alpha value is -2.97. The summed E-state index contributed by atoms with van der Waals surface area (Å²) in [4.78, 5) is 41.8. The molecule has 1 aromatic heterocycles. The molecule has 2 heterocycles. The quantitative estimate of drug-likeness (QED) is 0.578. The molecule has 1 aliphatic heterocycles. The van der Waals surface area contributed by atoms with Crippen molar-refractivity contribution in [3.8, 4) is 0 Å². The van der Waals surface area contributed by atoms with Crippen LogP contribution in [0.1, 0.15) is 16.1 Å². The van der Waals surface area contributed by atoms with Crippen LogP contribution in [-0.2, 0) is 10.3 Å². The highest BCUT2D eigenvalue weighted by molar-refractivity contribution is 6.00. The number of primary amides is 1. The number of nitrogens with two attached hydrogens (primary N) is 1. The second-order valence-corrected chi connectivity index (χ2v) is 4.70. The maximum absolute atomic E-state index is 11.9. The minimum Gasteiger partial charge on any atom is -0.364 e. The highest BCUT2D eigenvalue weighted by Gasteiger charge is 2.48. The first-order valence-electron chi connectivity index (χ1n) is 5.91. The molecule has 9 nitrogen and oxygen atoms in total. The van der Waals surface area contributed by atoms with E-state index in [1.807, 2.05) is 0 Å². The maximum atomic E-state index is 11.9. The van der Waals surface area contributed by atoms with Crippen LogP contribution in [0, 0.1) is 10.1 Å².